The predicted octanol–water partition coefficient (Wildman–Crippen LogP) is 3.54. The van der Waals surface area contributed by atoms with Crippen LogP contribution in [0.2, 0.25) is 0 Å². The molecule has 1 saturated heterocycles. The first-order valence-electron chi connectivity index (χ1n) is 10.4. The van der Waals surface area contributed by atoms with E-state index in [2.05, 4.69) is 0 Å². The predicted molar refractivity (Wildman–Crippen MR) is 126 cm³/mol. The molecule has 0 bridgehead atoms. The number of β-lactam (4-membered cyclic amide) rings is 1. The number of hydrogen-bond donors (Lipinski definition) is 2. The zero-order valence-corrected chi connectivity index (χ0v) is 19.3. The highest BCUT2D eigenvalue weighted by Crippen LogP contribution is 2.49. The van der Waals surface area contributed by atoms with Gasteiger partial charge in [-0.15, -0.1) is 0 Å². The van der Waals surface area contributed by atoms with E-state index in [1.165, 1.54) is 33.3 Å². The Morgan fingerprint density at radius 2 is 1.47 bits per heavy atom. The summed E-state index contributed by atoms with van der Waals surface area (Å²) in [5.74, 6) is 1.44. The van der Waals surface area contributed by atoms with E-state index in [4.69, 9.17) is 29.4 Å². The topological polar surface area (TPSA) is 113 Å². The molecule has 2 atom stereocenters. The summed E-state index contributed by atoms with van der Waals surface area (Å²) in [7, 11) is 5.93. The lowest BCUT2D eigenvalue weighted by atomic mass is 9.88. The number of methoxy groups -OCH3 is 4. The third kappa shape index (κ3) is 3.75. The first-order chi connectivity index (χ1) is 16.4. The molecular weight excluding hydrogens is 440 g/mol. The van der Waals surface area contributed by atoms with Crippen LogP contribution in [-0.4, -0.2) is 45.6 Å². The van der Waals surface area contributed by atoms with Gasteiger partial charge in [0.25, 0.3) is 5.91 Å². The molecule has 34 heavy (non-hydrogen) atoms. The molecule has 9 nitrogen and oxygen atoms in total. The Hall–Kier alpha value is -4.27. The van der Waals surface area contributed by atoms with Gasteiger partial charge in [0.05, 0.1) is 39.8 Å². The van der Waals surface area contributed by atoms with Gasteiger partial charge in [-0.2, -0.15) is 0 Å². The molecule has 1 aliphatic rings. The average Bonchev–Trinajstić information content (AvgIpc) is 2.87. The molecule has 4 rings (SSSR count). The number of para-hydroxylation sites is 1. The summed E-state index contributed by atoms with van der Waals surface area (Å²) in [5.41, 5.74) is 7.37. The minimum Gasteiger partial charge on any atom is -0.503 e. The van der Waals surface area contributed by atoms with Gasteiger partial charge in [0.2, 0.25) is 11.9 Å². The number of nitrogen functional groups attached to an aromatic ring is 1. The number of ether oxygens (including phenoxy) is 5. The fraction of sp³-hybridized carbons (Fsp3) is 0.240. The number of hydrogen-bond acceptors (Lipinski definition) is 8. The summed E-state index contributed by atoms with van der Waals surface area (Å²) in [5, 5.41) is 10.5. The van der Waals surface area contributed by atoms with Crippen LogP contribution in [-0.2, 0) is 4.79 Å². The zero-order chi connectivity index (χ0) is 24.4. The van der Waals surface area contributed by atoms with Crippen molar-refractivity contribution in [2.24, 2.45) is 0 Å². The molecule has 1 amide bonds. The molecule has 9 heteroatoms. The molecule has 3 aromatic carbocycles. The molecule has 1 aliphatic heterocycles. The van der Waals surface area contributed by atoms with Crippen LogP contribution in [0.15, 0.2) is 54.6 Å². The second kappa shape index (κ2) is 9.30. The lowest BCUT2D eigenvalue weighted by Crippen LogP contribution is -2.61. The number of anilines is 2. The highest BCUT2D eigenvalue weighted by molar-refractivity contribution is 6.06. The fourth-order valence-electron chi connectivity index (χ4n) is 4.05. The molecule has 0 aliphatic carbocycles. The first-order valence-corrected chi connectivity index (χ1v) is 10.4. The van der Waals surface area contributed by atoms with Crippen LogP contribution >= 0.6 is 0 Å². The Kier molecular flexibility index (Phi) is 6.27. The van der Waals surface area contributed by atoms with Crippen molar-refractivity contribution in [1.82, 2.24) is 0 Å². The van der Waals surface area contributed by atoms with Gasteiger partial charge in [-0.3, -0.25) is 9.69 Å². The number of benzene rings is 3. The molecule has 0 saturated carbocycles. The number of carbonyl (C=O) groups is 1. The number of nitrogens with two attached hydrogens (primary N) is 1. The zero-order valence-electron chi connectivity index (χ0n) is 19.3. The summed E-state index contributed by atoms with van der Waals surface area (Å²) in [6.45, 7) is 0. The number of nitrogens with zero attached hydrogens (tertiary/aromatic N) is 1. The number of amides is 1. The number of phenols is 1. The van der Waals surface area contributed by atoms with Crippen LogP contribution in [0.1, 0.15) is 11.6 Å². The van der Waals surface area contributed by atoms with Gasteiger partial charge in [-0.05, 0) is 18.2 Å². The fourth-order valence-corrected chi connectivity index (χ4v) is 4.05. The number of carbonyl (C=O) groups excluding carboxylic acids is 1. The Morgan fingerprint density at radius 3 is 2.03 bits per heavy atom. The standard InChI is InChI=1S/C25H26N2O7/c1-30-17-11-10-16(20(26)22(17)28)21-24(34-15-8-6-5-7-9-15)25(29)27(21)14-12-18(31-2)23(33-4)19(13-14)32-3/h5-13,21,24,28H,26H2,1-4H3/t21-,24+/m1/s1. The molecular formula is C25H26N2O7. The normalized spacial score (nSPS) is 17.1. The maximum Gasteiger partial charge on any atom is 0.271 e. The number of rotatable bonds is 8. The largest absolute Gasteiger partial charge is 0.503 e. The Morgan fingerprint density at radius 1 is 0.853 bits per heavy atom. The van der Waals surface area contributed by atoms with Gasteiger partial charge in [0.1, 0.15) is 11.8 Å². The summed E-state index contributed by atoms with van der Waals surface area (Å²) in [6, 6.07) is 15.0. The highest BCUT2D eigenvalue weighted by Gasteiger charge is 2.52. The SMILES string of the molecule is COc1ccc([C@@H]2[C@H](Oc3ccccc3)C(=O)N2c2cc(OC)c(OC)c(OC)c2)c(N)c1O. The van der Waals surface area contributed by atoms with Crippen molar-refractivity contribution < 1.29 is 33.6 Å². The third-order valence-electron chi connectivity index (χ3n) is 5.73. The second-order valence-corrected chi connectivity index (χ2v) is 7.51. The molecule has 3 N–H and O–H groups in total. The Bertz CT molecular complexity index is 1170. The van der Waals surface area contributed by atoms with E-state index in [9.17, 15) is 9.90 Å². The Balaban J connectivity index is 1.82. The van der Waals surface area contributed by atoms with Crippen LogP contribution in [0.5, 0.6) is 34.5 Å². The van der Waals surface area contributed by atoms with E-state index in [0.717, 1.165) is 0 Å². The number of aromatic hydroxyl groups is 1. The molecule has 3 aromatic rings. The van der Waals surface area contributed by atoms with Crippen LogP contribution in [0.25, 0.3) is 0 Å². The van der Waals surface area contributed by atoms with E-state index < -0.39 is 12.1 Å². The van der Waals surface area contributed by atoms with Crippen molar-refractivity contribution in [3.05, 3.63) is 60.2 Å². The minimum absolute atomic E-state index is 0.0935. The van der Waals surface area contributed by atoms with Crippen LogP contribution in [0.3, 0.4) is 0 Å². The average molecular weight is 466 g/mol. The molecule has 0 unspecified atom stereocenters. The van der Waals surface area contributed by atoms with Crippen molar-refractivity contribution in [2.75, 3.05) is 39.1 Å². The van der Waals surface area contributed by atoms with Crippen LogP contribution in [0.4, 0.5) is 11.4 Å². The lowest BCUT2D eigenvalue weighted by molar-refractivity contribution is -0.135. The van der Waals surface area contributed by atoms with Gasteiger partial charge in [0, 0.05) is 17.7 Å². The maximum atomic E-state index is 13.4. The van der Waals surface area contributed by atoms with Gasteiger partial charge in [0.15, 0.2) is 23.0 Å². The van der Waals surface area contributed by atoms with Crippen molar-refractivity contribution in [1.29, 1.82) is 0 Å². The van der Waals surface area contributed by atoms with E-state index in [1.54, 1.807) is 36.4 Å². The van der Waals surface area contributed by atoms with E-state index in [1.807, 2.05) is 18.2 Å². The molecule has 0 radical (unpaired) electrons. The summed E-state index contributed by atoms with van der Waals surface area (Å²) in [6.07, 6.45) is -0.878. The van der Waals surface area contributed by atoms with Crippen LogP contribution < -0.4 is 34.3 Å². The molecule has 1 fully saturated rings. The van der Waals surface area contributed by atoms with Crippen molar-refractivity contribution in [3.8, 4) is 34.5 Å². The van der Waals surface area contributed by atoms with Crippen molar-refractivity contribution in [2.45, 2.75) is 12.1 Å². The smallest absolute Gasteiger partial charge is 0.271 e. The quantitative estimate of drug-likeness (QED) is 0.295. The van der Waals surface area contributed by atoms with Gasteiger partial charge >= 0.3 is 0 Å². The Labute approximate surface area is 197 Å². The summed E-state index contributed by atoms with van der Waals surface area (Å²) >= 11 is 0. The molecule has 178 valence electrons. The maximum absolute atomic E-state index is 13.4. The molecule has 1 heterocycles. The van der Waals surface area contributed by atoms with Gasteiger partial charge in [-0.25, -0.2) is 0 Å². The van der Waals surface area contributed by atoms with Gasteiger partial charge < -0.3 is 34.5 Å². The monoisotopic (exact) mass is 466 g/mol. The molecule has 0 spiro atoms. The third-order valence-corrected chi connectivity index (χ3v) is 5.73. The first kappa shape index (κ1) is 22.9. The van der Waals surface area contributed by atoms with Gasteiger partial charge in [-0.1, -0.05) is 24.3 Å². The summed E-state index contributed by atoms with van der Waals surface area (Å²) in [4.78, 5) is 14.9. The summed E-state index contributed by atoms with van der Waals surface area (Å²) < 4.78 is 27.5. The second-order valence-electron chi connectivity index (χ2n) is 7.51. The van der Waals surface area contributed by atoms with Crippen molar-refractivity contribution in [3.63, 3.8) is 0 Å². The van der Waals surface area contributed by atoms with Crippen molar-refractivity contribution >= 4 is 17.3 Å². The number of phenolic OH excluding ortho intramolecular Hbond substituents is 1. The van der Waals surface area contributed by atoms with E-state index >= 15 is 0 Å². The van der Waals surface area contributed by atoms with E-state index in [0.29, 0.717) is 34.2 Å². The van der Waals surface area contributed by atoms with E-state index in [-0.39, 0.29) is 23.1 Å². The highest BCUT2D eigenvalue weighted by atomic mass is 16.5. The van der Waals surface area contributed by atoms with Crippen LogP contribution in [0, 0.1) is 0 Å². The lowest BCUT2D eigenvalue weighted by Gasteiger charge is -2.47. The minimum atomic E-state index is -0.878. The molecule has 0 aromatic heterocycles.